The number of hydrogen-bond donors (Lipinski definition) is 2. The van der Waals surface area contributed by atoms with Crippen LogP contribution in [0.15, 0.2) is 0 Å². The van der Waals surface area contributed by atoms with Crippen LogP contribution < -0.4 is 0 Å². The molecule has 0 aromatic rings. The maximum atomic E-state index is 11.2. The van der Waals surface area contributed by atoms with Crippen molar-refractivity contribution in [2.75, 3.05) is 6.54 Å². The normalized spacial score (nSPS) is 29.5. The number of aliphatic carboxylic acids is 1. The summed E-state index contributed by atoms with van der Waals surface area (Å²) < 4.78 is 0. The van der Waals surface area contributed by atoms with Crippen molar-refractivity contribution in [2.24, 2.45) is 5.41 Å². The van der Waals surface area contributed by atoms with Gasteiger partial charge < -0.3 is 10.2 Å². The first-order valence-corrected chi connectivity index (χ1v) is 5.09. The SMILES string of the molecule is CCC1(C(=O)O)CCN(C(=O)O)C(C#N)C1. The zero-order valence-electron chi connectivity index (χ0n) is 9.01. The van der Waals surface area contributed by atoms with Gasteiger partial charge in [-0.05, 0) is 19.3 Å². The van der Waals surface area contributed by atoms with Gasteiger partial charge in [0.15, 0.2) is 0 Å². The topological polar surface area (TPSA) is 102 Å². The summed E-state index contributed by atoms with van der Waals surface area (Å²) in [5.41, 5.74) is -0.952. The molecular formula is C10H14N2O4. The third-order valence-electron chi connectivity index (χ3n) is 3.32. The molecule has 2 unspecified atom stereocenters. The lowest BCUT2D eigenvalue weighted by Gasteiger charge is -2.39. The lowest BCUT2D eigenvalue weighted by Crippen LogP contribution is -2.51. The number of carboxylic acid groups (broad SMARTS) is 2. The largest absolute Gasteiger partial charge is 0.481 e. The summed E-state index contributed by atoms with van der Waals surface area (Å²) in [6, 6.07) is 1.00. The van der Waals surface area contributed by atoms with Gasteiger partial charge in [-0.1, -0.05) is 6.92 Å². The maximum absolute atomic E-state index is 11.2. The molecule has 2 atom stereocenters. The Labute approximate surface area is 93.1 Å². The molecule has 2 N–H and O–H groups in total. The van der Waals surface area contributed by atoms with Crippen LogP contribution in [0.2, 0.25) is 0 Å². The second kappa shape index (κ2) is 4.39. The first-order valence-electron chi connectivity index (χ1n) is 5.09. The molecule has 1 aliphatic heterocycles. The monoisotopic (exact) mass is 226 g/mol. The number of nitriles is 1. The van der Waals surface area contributed by atoms with Crippen LogP contribution in [0.25, 0.3) is 0 Å². The lowest BCUT2D eigenvalue weighted by atomic mass is 9.73. The number of likely N-dealkylation sites (tertiary alicyclic amines) is 1. The molecule has 16 heavy (non-hydrogen) atoms. The minimum Gasteiger partial charge on any atom is -0.481 e. The summed E-state index contributed by atoms with van der Waals surface area (Å²) in [7, 11) is 0. The number of rotatable bonds is 2. The average molecular weight is 226 g/mol. The van der Waals surface area contributed by atoms with E-state index in [1.54, 1.807) is 6.92 Å². The fourth-order valence-electron chi connectivity index (χ4n) is 2.08. The predicted octanol–water partition coefficient (Wildman–Crippen LogP) is 1.13. The summed E-state index contributed by atoms with van der Waals surface area (Å²) >= 11 is 0. The number of hydrogen-bond acceptors (Lipinski definition) is 3. The van der Waals surface area contributed by atoms with Gasteiger partial charge in [0.25, 0.3) is 0 Å². The van der Waals surface area contributed by atoms with Crippen LogP contribution in [-0.2, 0) is 4.79 Å². The zero-order chi connectivity index (χ0) is 12.3. The van der Waals surface area contributed by atoms with E-state index in [-0.39, 0.29) is 19.4 Å². The van der Waals surface area contributed by atoms with Crippen LogP contribution in [0.1, 0.15) is 26.2 Å². The van der Waals surface area contributed by atoms with Crippen LogP contribution in [0.5, 0.6) is 0 Å². The molecule has 0 spiro atoms. The fourth-order valence-corrected chi connectivity index (χ4v) is 2.08. The first-order chi connectivity index (χ1) is 7.46. The van der Waals surface area contributed by atoms with E-state index in [0.717, 1.165) is 4.90 Å². The van der Waals surface area contributed by atoms with E-state index in [4.69, 9.17) is 15.5 Å². The van der Waals surface area contributed by atoms with E-state index in [9.17, 15) is 9.59 Å². The van der Waals surface area contributed by atoms with Gasteiger partial charge in [0, 0.05) is 6.54 Å². The van der Waals surface area contributed by atoms with Crippen LogP contribution >= 0.6 is 0 Å². The summed E-state index contributed by atoms with van der Waals surface area (Å²) in [6.07, 6.45) is -0.416. The van der Waals surface area contributed by atoms with Crippen molar-refractivity contribution in [3.8, 4) is 6.07 Å². The fraction of sp³-hybridized carbons (Fsp3) is 0.700. The van der Waals surface area contributed by atoms with Gasteiger partial charge in [-0.15, -0.1) is 0 Å². The Bertz CT molecular complexity index is 349. The van der Waals surface area contributed by atoms with Gasteiger partial charge in [-0.2, -0.15) is 5.26 Å². The van der Waals surface area contributed by atoms with Gasteiger partial charge in [0.2, 0.25) is 0 Å². The van der Waals surface area contributed by atoms with E-state index < -0.39 is 23.5 Å². The third kappa shape index (κ3) is 1.94. The van der Waals surface area contributed by atoms with Crippen LogP contribution in [0, 0.1) is 16.7 Å². The van der Waals surface area contributed by atoms with Crippen molar-refractivity contribution in [3.63, 3.8) is 0 Å². The molecule has 88 valence electrons. The molecule has 0 aliphatic carbocycles. The Morgan fingerprint density at radius 1 is 1.56 bits per heavy atom. The van der Waals surface area contributed by atoms with Crippen LogP contribution in [0.4, 0.5) is 4.79 Å². The Morgan fingerprint density at radius 3 is 2.56 bits per heavy atom. The molecule has 1 fully saturated rings. The van der Waals surface area contributed by atoms with Crippen molar-refractivity contribution in [1.82, 2.24) is 4.90 Å². The molecular weight excluding hydrogens is 212 g/mol. The standard InChI is InChI=1S/C10H14N2O4/c1-2-10(8(13)14)3-4-12(9(15)16)7(5-10)6-11/h7H,2-5H2,1H3,(H,13,14)(H,15,16). The highest BCUT2D eigenvalue weighted by Gasteiger charge is 2.45. The highest BCUT2D eigenvalue weighted by atomic mass is 16.4. The number of piperidine rings is 1. The van der Waals surface area contributed by atoms with E-state index in [0.29, 0.717) is 6.42 Å². The van der Waals surface area contributed by atoms with Gasteiger partial charge >= 0.3 is 12.1 Å². The minimum atomic E-state index is -1.17. The number of nitrogens with zero attached hydrogens (tertiary/aromatic N) is 2. The molecule has 0 aromatic heterocycles. The van der Waals surface area contributed by atoms with Gasteiger partial charge in [-0.3, -0.25) is 9.69 Å². The van der Waals surface area contributed by atoms with Crippen molar-refractivity contribution < 1.29 is 19.8 Å². The number of carboxylic acids is 1. The van der Waals surface area contributed by atoms with E-state index >= 15 is 0 Å². The Balaban J connectivity index is 2.91. The van der Waals surface area contributed by atoms with E-state index in [1.807, 2.05) is 6.07 Å². The minimum absolute atomic E-state index is 0.0711. The smallest absolute Gasteiger partial charge is 0.408 e. The summed E-state index contributed by atoms with van der Waals surface area (Å²) in [4.78, 5) is 23.0. The Kier molecular flexibility index (Phi) is 3.38. The quantitative estimate of drug-likeness (QED) is 0.734. The van der Waals surface area contributed by atoms with Crippen LogP contribution in [0.3, 0.4) is 0 Å². The first kappa shape index (κ1) is 12.3. The Hall–Kier alpha value is -1.77. The molecule has 6 heteroatoms. The average Bonchev–Trinajstić information content (AvgIpc) is 2.27. The van der Waals surface area contributed by atoms with Crippen molar-refractivity contribution in [2.45, 2.75) is 32.2 Å². The lowest BCUT2D eigenvalue weighted by molar-refractivity contribution is -0.152. The second-order valence-electron chi connectivity index (χ2n) is 4.01. The van der Waals surface area contributed by atoms with Crippen molar-refractivity contribution in [1.29, 1.82) is 5.26 Å². The summed E-state index contributed by atoms with van der Waals surface area (Å²) in [5.74, 6) is -0.944. The highest BCUT2D eigenvalue weighted by molar-refractivity contribution is 5.76. The molecule has 1 aliphatic rings. The molecule has 1 saturated heterocycles. The zero-order valence-corrected chi connectivity index (χ0v) is 9.01. The molecule has 1 amide bonds. The van der Waals surface area contributed by atoms with Crippen LogP contribution in [-0.4, -0.2) is 39.8 Å². The van der Waals surface area contributed by atoms with Gasteiger partial charge in [0.05, 0.1) is 11.5 Å². The number of amides is 1. The molecule has 6 nitrogen and oxygen atoms in total. The summed E-state index contributed by atoms with van der Waals surface area (Å²) in [5, 5.41) is 26.9. The van der Waals surface area contributed by atoms with E-state index in [1.165, 1.54) is 0 Å². The second-order valence-corrected chi connectivity index (χ2v) is 4.01. The maximum Gasteiger partial charge on any atom is 0.408 e. The highest BCUT2D eigenvalue weighted by Crippen LogP contribution is 2.38. The van der Waals surface area contributed by atoms with E-state index in [2.05, 4.69) is 0 Å². The molecule has 0 aromatic carbocycles. The van der Waals surface area contributed by atoms with Crippen molar-refractivity contribution >= 4 is 12.1 Å². The third-order valence-corrected chi connectivity index (χ3v) is 3.32. The van der Waals surface area contributed by atoms with Crippen molar-refractivity contribution in [3.05, 3.63) is 0 Å². The molecule has 1 rings (SSSR count). The number of carbonyl (C=O) groups is 2. The Morgan fingerprint density at radius 2 is 2.19 bits per heavy atom. The summed E-state index contributed by atoms with van der Waals surface area (Å²) in [6.45, 7) is 1.85. The molecule has 0 radical (unpaired) electrons. The van der Waals surface area contributed by atoms with Gasteiger partial charge in [0.1, 0.15) is 6.04 Å². The molecule has 0 bridgehead atoms. The molecule has 0 saturated carbocycles. The molecule has 1 heterocycles. The predicted molar refractivity (Wildman–Crippen MR) is 53.7 cm³/mol. The van der Waals surface area contributed by atoms with Gasteiger partial charge in [-0.25, -0.2) is 4.79 Å².